The number of aliphatic carboxylic acids is 1. The standard InChI is InChI=1S/C14H20N2O5/c1-14(2,3)21-13(19)16-10(8-12(17)18)9-6-5-7-11(15-9)20-4/h5-7,10H,8H2,1-4H3,(H,16,19)(H,17,18). The summed E-state index contributed by atoms with van der Waals surface area (Å²) in [4.78, 5) is 26.9. The van der Waals surface area contributed by atoms with E-state index in [1.54, 1.807) is 39.0 Å². The van der Waals surface area contributed by atoms with Gasteiger partial charge in [0.25, 0.3) is 0 Å². The summed E-state index contributed by atoms with van der Waals surface area (Å²) in [7, 11) is 1.46. The van der Waals surface area contributed by atoms with Crippen LogP contribution in [0.15, 0.2) is 18.2 Å². The molecule has 0 aliphatic carbocycles. The third-order valence-corrected chi connectivity index (χ3v) is 2.38. The minimum atomic E-state index is -1.05. The number of amides is 1. The van der Waals surface area contributed by atoms with Crippen LogP contribution in [-0.2, 0) is 9.53 Å². The molecule has 1 unspecified atom stereocenters. The van der Waals surface area contributed by atoms with Gasteiger partial charge in [-0.25, -0.2) is 9.78 Å². The van der Waals surface area contributed by atoms with Crippen LogP contribution in [0, 0.1) is 0 Å². The average molecular weight is 296 g/mol. The minimum Gasteiger partial charge on any atom is -0.481 e. The maximum absolute atomic E-state index is 11.8. The van der Waals surface area contributed by atoms with Gasteiger partial charge in [0.2, 0.25) is 5.88 Å². The number of hydrogen-bond donors (Lipinski definition) is 2. The number of alkyl carbamates (subject to hydrolysis) is 1. The van der Waals surface area contributed by atoms with Gasteiger partial charge in [0.15, 0.2) is 0 Å². The monoisotopic (exact) mass is 296 g/mol. The van der Waals surface area contributed by atoms with Crippen LogP contribution in [0.3, 0.4) is 0 Å². The van der Waals surface area contributed by atoms with E-state index in [0.717, 1.165) is 0 Å². The van der Waals surface area contributed by atoms with Gasteiger partial charge in [0, 0.05) is 6.07 Å². The second-order valence-corrected chi connectivity index (χ2v) is 5.40. The summed E-state index contributed by atoms with van der Waals surface area (Å²) in [5.41, 5.74) is -0.276. The molecule has 0 spiro atoms. The van der Waals surface area contributed by atoms with Crippen molar-refractivity contribution in [1.82, 2.24) is 10.3 Å². The number of ether oxygens (including phenoxy) is 2. The molecule has 0 saturated heterocycles. The van der Waals surface area contributed by atoms with E-state index in [-0.39, 0.29) is 6.42 Å². The van der Waals surface area contributed by atoms with Crippen molar-refractivity contribution >= 4 is 12.1 Å². The first-order valence-corrected chi connectivity index (χ1v) is 6.43. The van der Waals surface area contributed by atoms with Gasteiger partial charge in [-0.1, -0.05) is 6.07 Å². The summed E-state index contributed by atoms with van der Waals surface area (Å²) < 4.78 is 10.1. The molecular weight excluding hydrogens is 276 g/mol. The zero-order chi connectivity index (χ0) is 16.0. The molecule has 0 bridgehead atoms. The van der Waals surface area contributed by atoms with Crippen molar-refractivity contribution in [3.63, 3.8) is 0 Å². The third kappa shape index (κ3) is 6.11. The second-order valence-electron chi connectivity index (χ2n) is 5.40. The lowest BCUT2D eigenvalue weighted by molar-refractivity contribution is -0.137. The van der Waals surface area contributed by atoms with E-state index in [1.807, 2.05) is 0 Å². The summed E-state index contributed by atoms with van der Waals surface area (Å²) >= 11 is 0. The summed E-state index contributed by atoms with van der Waals surface area (Å²) in [5, 5.41) is 11.5. The summed E-state index contributed by atoms with van der Waals surface area (Å²) in [5.74, 6) is -0.713. The van der Waals surface area contributed by atoms with Crippen molar-refractivity contribution in [1.29, 1.82) is 0 Å². The van der Waals surface area contributed by atoms with Crippen LogP contribution in [-0.4, -0.2) is 34.9 Å². The molecule has 0 aliphatic rings. The third-order valence-electron chi connectivity index (χ3n) is 2.38. The Morgan fingerprint density at radius 2 is 2.05 bits per heavy atom. The molecule has 0 fully saturated rings. The number of aromatic nitrogens is 1. The van der Waals surface area contributed by atoms with Crippen molar-refractivity contribution < 1.29 is 24.2 Å². The number of carboxylic acids is 1. The van der Waals surface area contributed by atoms with Gasteiger partial charge in [-0.3, -0.25) is 4.79 Å². The molecule has 0 aliphatic heterocycles. The van der Waals surface area contributed by atoms with Gasteiger partial charge in [0.05, 0.1) is 25.3 Å². The molecule has 21 heavy (non-hydrogen) atoms. The van der Waals surface area contributed by atoms with Crippen molar-refractivity contribution in [2.75, 3.05) is 7.11 Å². The number of rotatable bonds is 5. The van der Waals surface area contributed by atoms with Crippen molar-refractivity contribution in [2.45, 2.75) is 38.8 Å². The van der Waals surface area contributed by atoms with Gasteiger partial charge in [-0.2, -0.15) is 0 Å². The molecule has 1 aromatic rings. The lowest BCUT2D eigenvalue weighted by atomic mass is 10.1. The van der Waals surface area contributed by atoms with Gasteiger partial charge in [-0.15, -0.1) is 0 Å². The Hall–Kier alpha value is -2.31. The smallest absolute Gasteiger partial charge is 0.408 e. The topological polar surface area (TPSA) is 97.8 Å². The van der Waals surface area contributed by atoms with Crippen LogP contribution in [0.5, 0.6) is 5.88 Å². The molecular formula is C14H20N2O5. The maximum atomic E-state index is 11.8. The van der Waals surface area contributed by atoms with Crippen LogP contribution in [0.1, 0.15) is 38.9 Å². The van der Waals surface area contributed by atoms with E-state index in [4.69, 9.17) is 14.6 Å². The molecule has 116 valence electrons. The summed E-state index contributed by atoms with van der Waals surface area (Å²) in [6, 6.07) is 4.13. The van der Waals surface area contributed by atoms with Gasteiger partial charge >= 0.3 is 12.1 Å². The van der Waals surface area contributed by atoms with E-state index in [9.17, 15) is 9.59 Å². The summed E-state index contributed by atoms with van der Waals surface area (Å²) in [6.45, 7) is 5.17. The number of methoxy groups -OCH3 is 1. The van der Waals surface area contributed by atoms with E-state index in [0.29, 0.717) is 11.6 Å². The Morgan fingerprint density at radius 1 is 1.38 bits per heavy atom. The fourth-order valence-corrected chi connectivity index (χ4v) is 1.59. The zero-order valence-corrected chi connectivity index (χ0v) is 12.5. The fourth-order valence-electron chi connectivity index (χ4n) is 1.59. The van der Waals surface area contributed by atoms with Crippen LogP contribution in [0.2, 0.25) is 0 Å². The van der Waals surface area contributed by atoms with Gasteiger partial charge < -0.3 is 19.9 Å². The molecule has 0 aromatic carbocycles. The number of pyridine rings is 1. The van der Waals surface area contributed by atoms with E-state index in [1.165, 1.54) is 7.11 Å². The molecule has 2 N–H and O–H groups in total. The highest BCUT2D eigenvalue weighted by molar-refractivity contribution is 5.72. The van der Waals surface area contributed by atoms with Crippen LogP contribution in [0.4, 0.5) is 4.79 Å². The lowest BCUT2D eigenvalue weighted by Crippen LogP contribution is -2.36. The molecule has 7 nitrogen and oxygen atoms in total. The highest BCUT2D eigenvalue weighted by atomic mass is 16.6. The Labute approximate surface area is 123 Å². The van der Waals surface area contributed by atoms with Gasteiger partial charge in [-0.05, 0) is 26.8 Å². The zero-order valence-electron chi connectivity index (χ0n) is 12.5. The first-order valence-electron chi connectivity index (χ1n) is 6.43. The highest BCUT2D eigenvalue weighted by Crippen LogP contribution is 2.18. The molecule has 0 saturated carbocycles. The lowest BCUT2D eigenvalue weighted by Gasteiger charge is -2.23. The van der Waals surface area contributed by atoms with Crippen molar-refractivity contribution in [3.8, 4) is 5.88 Å². The fraction of sp³-hybridized carbons (Fsp3) is 0.500. The van der Waals surface area contributed by atoms with Gasteiger partial charge in [0.1, 0.15) is 5.60 Å². The first-order chi connectivity index (χ1) is 9.71. The number of carbonyl (C=O) groups is 2. The quantitative estimate of drug-likeness (QED) is 0.863. The predicted molar refractivity (Wildman–Crippen MR) is 75.2 cm³/mol. The normalized spacial score (nSPS) is 12.4. The number of nitrogens with one attached hydrogen (secondary N) is 1. The molecule has 1 rings (SSSR count). The van der Waals surface area contributed by atoms with E-state index >= 15 is 0 Å². The minimum absolute atomic E-state index is 0.306. The SMILES string of the molecule is COc1cccc(C(CC(=O)O)NC(=O)OC(C)(C)C)n1. The van der Waals surface area contributed by atoms with Crippen LogP contribution in [0.25, 0.3) is 0 Å². The first kappa shape index (κ1) is 16.7. The Morgan fingerprint density at radius 3 is 2.57 bits per heavy atom. The van der Waals surface area contributed by atoms with E-state index < -0.39 is 23.7 Å². The highest BCUT2D eigenvalue weighted by Gasteiger charge is 2.23. The van der Waals surface area contributed by atoms with Crippen LogP contribution >= 0.6 is 0 Å². The Kier molecular flexibility index (Phi) is 5.52. The molecule has 7 heteroatoms. The predicted octanol–water partition coefficient (Wildman–Crippen LogP) is 2.13. The van der Waals surface area contributed by atoms with Crippen molar-refractivity contribution in [2.24, 2.45) is 0 Å². The summed E-state index contributed by atoms with van der Waals surface area (Å²) in [6.07, 6.45) is -1.00. The number of carboxylic acid groups (broad SMARTS) is 1. The molecule has 1 aromatic heterocycles. The Balaban J connectivity index is 2.89. The van der Waals surface area contributed by atoms with E-state index in [2.05, 4.69) is 10.3 Å². The maximum Gasteiger partial charge on any atom is 0.408 e. The molecule has 1 amide bonds. The Bertz CT molecular complexity index is 510. The van der Waals surface area contributed by atoms with Crippen LogP contribution < -0.4 is 10.1 Å². The molecule has 1 atom stereocenters. The molecule has 1 heterocycles. The average Bonchev–Trinajstić information content (AvgIpc) is 2.35. The number of nitrogens with zero attached hydrogens (tertiary/aromatic N) is 1. The number of carbonyl (C=O) groups excluding carboxylic acids is 1. The molecule has 0 radical (unpaired) electrons. The number of hydrogen-bond acceptors (Lipinski definition) is 5. The second kappa shape index (κ2) is 6.92. The van der Waals surface area contributed by atoms with Crippen molar-refractivity contribution in [3.05, 3.63) is 23.9 Å². The largest absolute Gasteiger partial charge is 0.481 e.